The molecule has 0 aliphatic carbocycles. The summed E-state index contributed by atoms with van der Waals surface area (Å²) in [5.41, 5.74) is 3.81. The Morgan fingerprint density at radius 2 is 1.92 bits per heavy atom. The van der Waals surface area contributed by atoms with Crippen LogP contribution in [0.1, 0.15) is 35.2 Å². The van der Waals surface area contributed by atoms with Gasteiger partial charge in [0.15, 0.2) is 0 Å². The number of carbonyl (C=O) groups excluding carboxylic acids is 1. The molecule has 0 radical (unpaired) electrons. The zero-order valence-corrected chi connectivity index (χ0v) is 15.4. The second-order valence-corrected chi connectivity index (χ2v) is 7.58. The largest absolute Gasteiger partial charge is 0.339 e. The van der Waals surface area contributed by atoms with Crippen LogP contribution in [0.4, 0.5) is 0 Å². The molecular weight excluding hydrogens is 322 g/mol. The molecule has 2 fully saturated rings. The Kier molecular flexibility index (Phi) is 5.02. The van der Waals surface area contributed by atoms with Crippen LogP contribution in [0.2, 0.25) is 0 Å². The third-order valence-electron chi connectivity index (χ3n) is 6.10. The maximum absolute atomic E-state index is 13.1. The molecular formula is C22H27N3O. The number of benzene rings is 1. The van der Waals surface area contributed by atoms with Crippen molar-refractivity contribution in [1.82, 2.24) is 15.2 Å². The summed E-state index contributed by atoms with van der Waals surface area (Å²) in [6, 6.07) is 11.9. The molecule has 2 saturated heterocycles. The number of piperidine rings is 1. The first-order valence-corrected chi connectivity index (χ1v) is 9.75. The molecule has 2 aromatic rings. The van der Waals surface area contributed by atoms with E-state index in [0.717, 1.165) is 73.2 Å². The van der Waals surface area contributed by atoms with Crippen molar-refractivity contribution in [2.24, 2.45) is 11.8 Å². The number of aromatic nitrogens is 1. The van der Waals surface area contributed by atoms with E-state index in [1.807, 2.05) is 48.2 Å². The number of carbonyl (C=O) groups is 1. The fourth-order valence-corrected chi connectivity index (χ4v) is 4.49. The first-order valence-electron chi connectivity index (χ1n) is 9.75. The zero-order chi connectivity index (χ0) is 17.9. The average molecular weight is 349 g/mol. The van der Waals surface area contributed by atoms with Gasteiger partial charge in [-0.2, -0.15) is 0 Å². The predicted molar refractivity (Wildman–Crippen MR) is 104 cm³/mol. The Balaban J connectivity index is 1.49. The van der Waals surface area contributed by atoms with Crippen LogP contribution in [-0.2, 0) is 0 Å². The second kappa shape index (κ2) is 7.58. The first-order chi connectivity index (χ1) is 12.7. The van der Waals surface area contributed by atoms with Crippen molar-refractivity contribution in [2.45, 2.75) is 26.2 Å². The molecule has 2 aliphatic heterocycles. The van der Waals surface area contributed by atoms with Crippen molar-refractivity contribution < 1.29 is 4.79 Å². The normalized spacial score (nSPS) is 21.1. The third kappa shape index (κ3) is 3.38. The quantitative estimate of drug-likeness (QED) is 0.922. The Labute approximate surface area is 155 Å². The highest BCUT2D eigenvalue weighted by Crippen LogP contribution is 2.30. The SMILES string of the molecule is Cc1c(C(=O)N2CCC(C3CCNC3)CC2)cccc1-c1ccccn1. The molecule has 1 aromatic heterocycles. The lowest BCUT2D eigenvalue weighted by Crippen LogP contribution is -2.40. The summed E-state index contributed by atoms with van der Waals surface area (Å²) in [4.78, 5) is 19.6. The van der Waals surface area contributed by atoms with Gasteiger partial charge in [-0.25, -0.2) is 0 Å². The minimum absolute atomic E-state index is 0.170. The van der Waals surface area contributed by atoms with Crippen LogP contribution in [0.15, 0.2) is 42.6 Å². The highest BCUT2D eigenvalue weighted by molar-refractivity contribution is 5.97. The van der Waals surface area contributed by atoms with E-state index < -0.39 is 0 Å². The summed E-state index contributed by atoms with van der Waals surface area (Å²) in [7, 11) is 0. The molecule has 1 amide bonds. The number of hydrogen-bond donors (Lipinski definition) is 1. The fourth-order valence-electron chi connectivity index (χ4n) is 4.49. The van der Waals surface area contributed by atoms with Gasteiger partial charge >= 0.3 is 0 Å². The zero-order valence-electron chi connectivity index (χ0n) is 15.4. The number of likely N-dealkylation sites (tertiary alicyclic amines) is 1. The van der Waals surface area contributed by atoms with Crippen LogP contribution >= 0.6 is 0 Å². The molecule has 0 saturated carbocycles. The highest BCUT2D eigenvalue weighted by Gasteiger charge is 2.30. The van der Waals surface area contributed by atoms with Gasteiger partial charge in [-0.1, -0.05) is 18.2 Å². The van der Waals surface area contributed by atoms with Crippen molar-refractivity contribution in [3.05, 3.63) is 53.7 Å². The number of nitrogens with zero attached hydrogens (tertiary/aromatic N) is 2. The van der Waals surface area contributed by atoms with Crippen molar-refractivity contribution in [2.75, 3.05) is 26.2 Å². The molecule has 1 unspecified atom stereocenters. The fraction of sp³-hybridized carbons (Fsp3) is 0.455. The summed E-state index contributed by atoms with van der Waals surface area (Å²) in [6.45, 7) is 6.11. The minimum Gasteiger partial charge on any atom is -0.339 e. The monoisotopic (exact) mass is 349 g/mol. The molecule has 1 aromatic carbocycles. The number of pyridine rings is 1. The van der Waals surface area contributed by atoms with Gasteiger partial charge < -0.3 is 10.2 Å². The van der Waals surface area contributed by atoms with Crippen LogP contribution < -0.4 is 5.32 Å². The van der Waals surface area contributed by atoms with Crippen LogP contribution in [0.25, 0.3) is 11.3 Å². The average Bonchev–Trinajstić information content (AvgIpc) is 3.23. The molecule has 4 nitrogen and oxygen atoms in total. The van der Waals surface area contributed by atoms with E-state index in [1.54, 1.807) is 6.20 Å². The Hall–Kier alpha value is -2.20. The van der Waals surface area contributed by atoms with Gasteiger partial charge in [0, 0.05) is 30.4 Å². The van der Waals surface area contributed by atoms with Crippen molar-refractivity contribution in [1.29, 1.82) is 0 Å². The molecule has 0 bridgehead atoms. The number of hydrogen-bond acceptors (Lipinski definition) is 3. The summed E-state index contributed by atoms with van der Waals surface area (Å²) in [6.07, 6.45) is 5.36. The first kappa shape index (κ1) is 17.2. The van der Waals surface area contributed by atoms with Crippen LogP contribution in [0.3, 0.4) is 0 Å². The van der Waals surface area contributed by atoms with E-state index >= 15 is 0 Å². The van der Waals surface area contributed by atoms with Crippen molar-refractivity contribution in [3.8, 4) is 11.3 Å². The van der Waals surface area contributed by atoms with E-state index in [9.17, 15) is 4.79 Å². The van der Waals surface area contributed by atoms with Crippen molar-refractivity contribution >= 4 is 5.91 Å². The lowest BCUT2D eigenvalue weighted by atomic mass is 9.83. The van der Waals surface area contributed by atoms with Crippen LogP contribution in [-0.4, -0.2) is 42.0 Å². The number of rotatable bonds is 3. The van der Waals surface area contributed by atoms with E-state index in [4.69, 9.17) is 0 Å². The van der Waals surface area contributed by atoms with E-state index in [-0.39, 0.29) is 5.91 Å². The van der Waals surface area contributed by atoms with Gasteiger partial charge in [0.1, 0.15) is 0 Å². The number of nitrogens with one attached hydrogen (secondary N) is 1. The maximum atomic E-state index is 13.1. The van der Waals surface area contributed by atoms with E-state index in [0.29, 0.717) is 0 Å². The Morgan fingerprint density at radius 1 is 1.08 bits per heavy atom. The van der Waals surface area contributed by atoms with Gasteiger partial charge in [0.05, 0.1) is 5.69 Å². The van der Waals surface area contributed by atoms with Gasteiger partial charge in [-0.3, -0.25) is 9.78 Å². The molecule has 26 heavy (non-hydrogen) atoms. The van der Waals surface area contributed by atoms with Gasteiger partial charge in [-0.15, -0.1) is 0 Å². The second-order valence-electron chi connectivity index (χ2n) is 7.58. The topological polar surface area (TPSA) is 45.2 Å². The maximum Gasteiger partial charge on any atom is 0.254 e. The Morgan fingerprint density at radius 3 is 2.62 bits per heavy atom. The molecule has 3 heterocycles. The van der Waals surface area contributed by atoms with Crippen LogP contribution in [0.5, 0.6) is 0 Å². The summed E-state index contributed by atoms with van der Waals surface area (Å²) in [5, 5.41) is 3.47. The Bertz CT molecular complexity index is 760. The van der Waals surface area contributed by atoms with Crippen molar-refractivity contribution in [3.63, 3.8) is 0 Å². The lowest BCUT2D eigenvalue weighted by molar-refractivity contribution is 0.0662. The molecule has 2 aliphatic rings. The minimum atomic E-state index is 0.170. The smallest absolute Gasteiger partial charge is 0.254 e. The summed E-state index contributed by atoms with van der Waals surface area (Å²) < 4.78 is 0. The molecule has 4 rings (SSSR count). The van der Waals surface area contributed by atoms with Gasteiger partial charge in [0.25, 0.3) is 5.91 Å². The molecule has 1 N–H and O–H groups in total. The number of amides is 1. The van der Waals surface area contributed by atoms with Crippen LogP contribution in [0, 0.1) is 18.8 Å². The standard InChI is InChI=1S/C22H27N3O/c1-16-19(21-7-2-3-11-24-21)5-4-6-20(16)22(26)25-13-9-17(10-14-25)18-8-12-23-15-18/h2-7,11,17-18,23H,8-10,12-15H2,1H3. The van der Waals surface area contributed by atoms with E-state index in [2.05, 4.69) is 10.3 Å². The summed E-state index contributed by atoms with van der Waals surface area (Å²) >= 11 is 0. The third-order valence-corrected chi connectivity index (χ3v) is 6.10. The van der Waals surface area contributed by atoms with E-state index in [1.165, 1.54) is 6.42 Å². The summed E-state index contributed by atoms with van der Waals surface area (Å²) in [5.74, 6) is 1.75. The molecule has 136 valence electrons. The molecule has 4 heteroatoms. The highest BCUT2D eigenvalue weighted by atomic mass is 16.2. The van der Waals surface area contributed by atoms with Gasteiger partial charge in [-0.05, 0) is 74.9 Å². The van der Waals surface area contributed by atoms with Gasteiger partial charge in [0.2, 0.25) is 0 Å². The predicted octanol–water partition coefficient (Wildman–Crippen LogP) is 3.52. The lowest BCUT2D eigenvalue weighted by Gasteiger charge is -2.35. The molecule has 1 atom stereocenters. The molecule has 0 spiro atoms.